The molecule has 1 fully saturated rings. The molecule has 0 bridgehead atoms. The number of carbonyl (C=O) groups excluding carboxylic acids is 1. The Balaban J connectivity index is 1.35. The summed E-state index contributed by atoms with van der Waals surface area (Å²) in [7, 11) is 0. The third kappa shape index (κ3) is 5.80. The van der Waals surface area contributed by atoms with E-state index in [1.165, 1.54) is 24.4 Å². The van der Waals surface area contributed by atoms with Gasteiger partial charge in [0.25, 0.3) is 0 Å². The molecule has 0 unspecified atom stereocenters. The van der Waals surface area contributed by atoms with Crippen molar-refractivity contribution in [3.05, 3.63) is 77.6 Å². The van der Waals surface area contributed by atoms with Crippen LogP contribution in [-0.2, 0) is 16.0 Å². The fourth-order valence-corrected chi connectivity index (χ4v) is 3.83. The van der Waals surface area contributed by atoms with Crippen molar-refractivity contribution < 1.29 is 27.1 Å². The van der Waals surface area contributed by atoms with Crippen molar-refractivity contribution in [1.29, 1.82) is 0 Å². The molecule has 0 saturated carbocycles. The summed E-state index contributed by atoms with van der Waals surface area (Å²) in [4.78, 5) is 18.7. The number of ether oxygens (including phenoxy) is 1. The van der Waals surface area contributed by atoms with Gasteiger partial charge in [-0.25, -0.2) is 18.2 Å². The van der Waals surface area contributed by atoms with Crippen molar-refractivity contribution in [1.82, 2.24) is 15.2 Å². The number of benzene rings is 2. The summed E-state index contributed by atoms with van der Waals surface area (Å²) in [6.45, 7) is 2.97. The van der Waals surface area contributed by atoms with Crippen LogP contribution in [0.15, 0.2) is 53.1 Å². The molecule has 0 aliphatic carbocycles. The summed E-state index contributed by atoms with van der Waals surface area (Å²) in [5, 5.41) is 2.92. The highest BCUT2D eigenvalue weighted by molar-refractivity contribution is 5.76. The van der Waals surface area contributed by atoms with Crippen molar-refractivity contribution in [3.8, 4) is 11.3 Å². The van der Waals surface area contributed by atoms with Gasteiger partial charge >= 0.3 is 0 Å². The average molecular weight is 459 g/mol. The first-order valence-electron chi connectivity index (χ1n) is 10.7. The number of rotatable bonds is 8. The standard InChI is InChI=1S/C24H24F3N3O3/c25-17-6-4-16(5-7-17)20(30-10-12-32-13-11-30)14-28-22(31)8-9-23-29-15-21(33-23)24-18(26)2-1-3-19(24)27/h1-7,15,20H,8-14H2,(H,28,31)/t20-/m1/s1. The third-order valence-electron chi connectivity index (χ3n) is 5.56. The topological polar surface area (TPSA) is 67.6 Å². The number of aromatic nitrogens is 1. The summed E-state index contributed by atoms with van der Waals surface area (Å²) in [5.74, 6) is -1.83. The first-order valence-corrected chi connectivity index (χ1v) is 10.7. The van der Waals surface area contributed by atoms with E-state index < -0.39 is 11.6 Å². The number of carbonyl (C=O) groups is 1. The van der Waals surface area contributed by atoms with Crippen LogP contribution < -0.4 is 5.32 Å². The van der Waals surface area contributed by atoms with Crippen molar-refractivity contribution in [2.75, 3.05) is 32.8 Å². The van der Waals surface area contributed by atoms with E-state index in [1.54, 1.807) is 12.1 Å². The minimum absolute atomic E-state index is 0.0234. The van der Waals surface area contributed by atoms with Gasteiger partial charge in [0.15, 0.2) is 11.7 Å². The van der Waals surface area contributed by atoms with Crippen molar-refractivity contribution in [2.45, 2.75) is 18.9 Å². The predicted octanol–water partition coefficient (Wildman–Crippen LogP) is 3.88. The maximum atomic E-state index is 13.9. The van der Waals surface area contributed by atoms with E-state index in [2.05, 4.69) is 15.2 Å². The van der Waals surface area contributed by atoms with E-state index in [9.17, 15) is 18.0 Å². The van der Waals surface area contributed by atoms with Gasteiger partial charge < -0.3 is 14.5 Å². The summed E-state index contributed by atoms with van der Waals surface area (Å²) in [6.07, 6.45) is 1.53. The monoisotopic (exact) mass is 459 g/mol. The zero-order valence-electron chi connectivity index (χ0n) is 17.9. The summed E-state index contributed by atoms with van der Waals surface area (Å²) in [6, 6.07) is 9.68. The number of amides is 1. The molecule has 1 amide bonds. The second-order valence-corrected chi connectivity index (χ2v) is 7.73. The highest BCUT2D eigenvalue weighted by atomic mass is 19.1. The summed E-state index contributed by atoms with van der Waals surface area (Å²) >= 11 is 0. The van der Waals surface area contributed by atoms with Crippen molar-refractivity contribution in [3.63, 3.8) is 0 Å². The Bertz CT molecular complexity index is 1060. The quantitative estimate of drug-likeness (QED) is 0.554. The van der Waals surface area contributed by atoms with Crippen molar-refractivity contribution in [2.24, 2.45) is 0 Å². The van der Waals surface area contributed by atoms with Crippen LogP contribution in [0.25, 0.3) is 11.3 Å². The van der Waals surface area contributed by atoms with E-state index in [4.69, 9.17) is 9.15 Å². The van der Waals surface area contributed by atoms with E-state index in [1.807, 2.05) is 0 Å². The minimum atomic E-state index is -0.745. The van der Waals surface area contributed by atoms with Gasteiger partial charge in [0, 0.05) is 32.5 Å². The predicted molar refractivity (Wildman–Crippen MR) is 115 cm³/mol. The van der Waals surface area contributed by atoms with Gasteiger partial charge in [-0.1, -0.05) is 18.2 Å². The molecule has 0 radical (unpaired) electrons. The first kappa shape index (κ1) is 23.0. The molecule has 1 N–H and O–H groups in total. The molecule has 0 spiro atoms. The number of hydrogen-bond donors (Lipinski definition) is 1. The zero-order chi connectivity index (χ0) is 23.2. The lowest BCUT2D eigenvalue weighted by molar-refractivity contribution is -0.121. The Morgan fingerprint density at radius 2 is 1.76 bits per heavy atom. The van der Waals surface area contributed by atoms with Crippen LogP contribution >= 0.6 is 0 Å². The van der Waals surface area contributed by atoms with Gasteiger partial charge in [-0.15, -0.1) is 0 Å². The van der Waals surface area contributed by atoms with Gasteiger partial charge in [-0.2, -0.15) is 0 Å². The second kappa shape index (κ2) is 10.6. The summed E-state index contributed by atoms with van der Waals surface area (Å²) < 4.78 is 52.1. The maximum Gasteiger partial charge on any atom is 0.220 e. The molecule has 3 aromatic rings. The van der Waals surface area contributed by atoms with Crippen molar-refractivity contribution >= 4 is 5.91 Å². The molecular formula is C24H24F3N3O3. The van der Waals surface area contributed by atoms with Crippen LogP contribution in [0.2, 0.25) is 0 Å². The fourth-order valence-electron chi connectivity index (χ4n) is 3.83. The Labute approximate surface area is 189 Å². The van der Waals surface area contributed by atoms with E-state index in [0.29, 0.717) is 32.8 Å². The van der Waals surface area contributed by atoms with Gasteiger partial charge in [0.05, 0.1) is 31.0 Å². The Morgan fingerprint density at radius 3 is 2.45 bits per heavy atom. The number of halogens is 3. The van der Waals surface area contributed by atoms with Gasteiger partial charge in [0.2, 0.25) is 5.91 Å². The lowest BCUT2D eigenvalue weighted by Crippen LogP contribution is -2.43. The van der Waals surface area contributed by atoms with Gasteiger partial charge in [-0.3, -0.25) is 9.69 Å². The molecular weight excluding hydrogens is 435 g/mol. The number of hydrogen-bond acceptors (Lipinski definition) is 5. The molecule has 1 aliphatic heterocycles. The molecule has 174 valence electrons. The number of nitrogens with one attached hydrogen (secondary N) is 1. The Morgan fingerprint density at radius 1 is 1.06 bits per heavy atom. The Hall–Kier alpha value is -3.17. The highest BCUT2D eigenvalue weighted by Gasteiger charge is 2.23. The second-order valence-electron chi connectivity index (χ2n) is 7.73. The minimum Gasteiger partial charge on any atom is -0.441 e. The fraction of sp³-hybridized carbons (Fsp3) is 0.333. The van der Waals surface area contributed by atoms with Gasteiger partial charge in [-0.05, 0) is 29.8 Å². The Kier molecular flexibility index (Phi) is 7.41. The lowest BCUT2D eigenvalue weighted by atomic mass is 10.0. The van der Waals surface area contributed by atoms with Crippen LogP contribution in [0, 0.1) is 17.5 Å². The lowest BCUT2D eigenvalue weighted by Gasteiger charge is -2.35. The van der Waals surface area contributed by atoms with Crippen LogP contribution in [0.4, 0.5) is 13.2 Å². The average Bonchev–Trinajstić information content (AvgIpc) is 3.28. The van der Waals surface area contributed by atoms with E-state index in [-0.39, 0.29) is 47.8 Å². The molecule has 1 aliphatic rings. The van der Waals surface area contributed by atoms with Crippen LogP contribution in [0.5, 0.6) is 0 Å². The normalized spacial score (nSPS) is 15.4. The number of aryl methyl sites for hydroxylation is 1. The summed E-state index contributed by atoms with van der Waals surface area (Å²) in [5.41, 5.74) is 0.621. The molecule has 1 saturated heterocycles. The molecule has 1 aromatic heterocycles. The molecule has 6 nitrogen and oxygen atoms in total. The zero-order valence-corrected chi connectivity index (χ0v) is 17.9. The third-order valence-corrected chi connectivity index (χ3v) is 5.56. The van der Waals surface area contributed by atoms with E-state index in [0.717, 1.165) is 17.7 Å². The molecule has 9 heteroatoms. The number of nitrogens with zero attached hydrogens (tertiary/aromatic N) is 2. The molecule has 1 atom stereocenters. The molecule has 2 heterocycles. The maximum absolute atomic E-state index is 13.9. The van der Waals surface area contributed by atoms with Crippen LogP contribution in [0.3, 0.4) is 0 Å². The number of morpholine rings is 1. The van der Waals surface area contributed by atoms with Gasteiger partial charge in [0.1, 0.15) is 17.5 Å². The number of oxazole rings is 1. The molecule has 4 rings (SSSR count). The first-order chi connectivity index (χ1) is 16.0. The SMILES string of the molecule is O=C(CCc1ncc(-c2c(F)cccc2F)o1)NC[C@H](c1ccc(F)cc1)N1CCOCC1. The highest BCUT2D eigenvalue weighted by Crippen LogP contribution is 2.27. The van der Waals surface area contributed by atoms with Crippen LogP contribution in [0.1, 0.15) is 23.9 Å². The molecule has 2 aromatic carbocycles. The smallest absolute Gasteiger partial charge is 0.220 e. The molecule has 33 heavy (non-hydrogen) atoms. The van der Waals surface area contributed by atoms with E-state index >= 15 is 0 Å². The van der Waals surface area contributed by atoms with Crippen LogP contribution in [-0.4, -0.2) is 48.6 Å². The largest absolute Gasteiger partial charge is 0.441 e.